The summed E-state index contributed by atoms with van der Waals surface area (Å²) in [6, 6.07) is 14.9. The van der Waals surface area contributed by atoms with Crippen LogP contribution < -0.4 is 21.9 Å². The van der Waals surface area contributed by atoms with Crippen molar-refractivity contribution in [3.05, 3.63) is 81.3 Å². The number of carboxylic acid groups (broad SMARTS) is 1. The molecule has 0 bridgehead atoms. The van der Waals surface area contributed by atoms with E-state index in [0.29, 0.717) is 57.0 Å². The zero-order valence-electron chi connectivity index (χ0n) is 32.2. The summed E-state index contributed by atoms with van der Waals surface area (Å²) in [5.74, 6) is -0.687. The fraction of sp³-hybridized carbons (Fsp3) is 0.500. The molecule has 6 rings (SSSR count). The number of nitrogens with two attached hydrogens (primary N) is 2. The zero-order chi connectivity index (χ0) is 39.7. The topological polar surface area (TPSA) is 217 Å². The number of oxime groups is 1. The van der Waals surface area contributed by atoms with Gasteiger partial charge in [-0.1, -0.05) is 67.0 Å². The molecule has 0 saturated carbocycles. The highest BCUT2D eigenvalue weighted by molar-refractivity contribution is 5.98. The van der Waals surface area contributed by atoms with Gasteiger partial charge in [-0.15, -0.1) is 0 Å². The second-order valence-corrected chi connectivity index (χ2v) is 14.8. The van der Waals surface area contributed by atoms with E-state index in [0.717, 1.165) is 79.7 Å². The lowest BCUT2D eigenvalue weighted by molar-refractivity contribution is -0.190. The van der Waals surface area contributed by atoms with Crippen molar-refractivity contribution in [2.75, 3.05) is 51.7 Å². The number of nitrogens with one attached hydrogen (secondary N) is 1. The molecule has 1 spiro atoms. The number of anilines is 1. The van der Waals surface area contributed by atoms with Crippen LogP contribution in [0, 0.1) is 0 Å². The summed E-state index contributed by atoms with van der Waals surface area (Å²) in [5.41, 5.74) is 16.5. The number of unbranched alkanes of at least 4 members (excludes halogenated alkanes) is 3. The van der Waals surface area contributed by atoms with Crippen LogP contribution in [0.2, 0.25) is 0 Å². The number of fused-ring (bicyclic) bond motifs is 1. The van der Waals surface area contributed by atoms with Crippen LogP contribution in [0.15, 0.2) is 58.5 Å². The van der Waals surface area contributed by atoms with Crippen molar-refractivity contribution in [1.29, 1.82) is 0 Å². The summed E-state index contributed by atoms with van der Waals surface area (Å²) >= 11 is 0. The molecule has 300 valence electrons. The average molecular weight is 772 g/mol. The average Bonchev–Trinajstić information content (AvgIpc) is 3.49. The number of aromatic amines is 1. The number of morpholine rings is 1. The van der Waals surface area contributed by atoms with Crippen LogP contribution in [-0.2, 0) is 38.7 Å². The number of imidazole rings is 1. The molecule has 2 aliphatic rings. The standard InChI is InChI=1S/C40H53N9O7/c1-3-4-18-54-38-44-35(42)34-36(45-38)49(39(53)43-34)23-30-11-9-29(10-12-30)22-47-24-40(25-47)26-48(17-20-55-40)33(50)8-6-5-7-19-56-46-27(2)31-15-13-28(14-16-31)21-32(41)37(51)52/h9-16,32H,3-8,17-26,41H2,1-2H3,(H,43,53)(H,51,52)(H2,42,44,45)/b46-27+/t32-/m0/s1. The van der Waals surface area contributed by atoms with Crippen LogP contribution in [0.4, 0.5) is 5.82 Å². The SMILES string of the molecule is CCCCOc1nc(N)c2[nH]c(=O)n(Cc3ccc(CN4CC5(C4)CN(C(=O)CCCCCO/N=C(\C)c4ccc(C[C@H](N)C(=O)O)cc4)CCO5)cc3)c2n1. The molecule has 0 radical (unpaired) electrons. The van der Waals surface area contributed by atoms with Gasteiger partial charge >= 0.3 is 17.7 Å². The molecule has 1 amide bonds. The monoisotopic (exact) mass is 771 g/mol. The van der Waals surface area contributed by atoms with Gasteiger partial charge in [0.1, 0.15) is 23.8 Å². The molecule has 2 aliphatic heterocycles. The summed E-state index contributed by atoms with van der Waals surface area (Å²) in [6.07, 6.45) is 5.03. The van der Waals surface area contributed by atoms with Crippen molar-refractivity contribution in [3.63, 3.8) is 0 Å². The molecule has 6 N–H and O–H groups in total. The number of hydrogen-bond donors (Lipinski definition) is 4. The number of rotatable bonds is 19. The number of hydrogen-bond acceptors (Lipinski definition) is 12. The normalized spacial score (nSPS) is 16.2. The van der Waals surface area contributed by atoms with Crippen molar-refractivity contribution in [1.82, 2.24) is 29.3 Å². The minimum Gasteiger partial charge on any atom is -0.480 e. The smallest absolute Gasteiger partial charge is 0.328 e. The minimum absolute atomic E-state index is 0.160. The first-order valence-electron chi connectivity index (χ1n) is 19.4. The molecule has 2 aromatic heterocycles. The maximum atomic E-state index is 13.1. The predicted octanol–water partition coefficient (Wildman–Crippen LogP) is 3.30. The summed E-state index contributed by atoms with van der Waals surface area (Å²) < 4.78 is 13.4. The second kappa shape index (κ2) is 18.5. The van der Waals surface area contributed by atoms with Crippen molar-refractivity contribution < 1.29 is 29.0 Å². The third-order valence-corrected chi connectivity index (χ3v) is 10.2. The zero-order valence-corrected chi connectivity index (χ0v) is 32.2. The number of aromatic nitrogens is 4. The minimum atomic E-state index is -1.02. The lowest BCUT2D eigenvalue weighted by Crippen LogP contribution is -2.70. The summed E-state index contributed by atoms with van der Waals surface area (Å²) in [4.78, 5) is 58.1. The molecule has 0 aliphatic carbocycles. The van der Waals surface area contributed by atoms with Gasteiger partial charge in [0.15, 0.2) is 11.5 Å². The molecule has 2 fully saturated rings. The number of nitrogen functional groups attached to an aromatic ring is 1. The van der Waals surface area contributed by atoms with E-state index in [1.54, 1.807) is 4.57 Å². The maximum Gasteiger partial charge on any atom is 0.328 e. The molecule has 16 nitrogen and oxygen atoms in total. The van der Waals surface area contributed by atoms with Gasteiger partial charge in [0.25, 0.3) is 0 Å². The highest BCUT2D eigenvalue weighted by Gasteiger charge is 2.47. The van der Waals surface area contributed by atoms with Gasteiger partial charge in [-0.05, 0) is 61.3 Å². The highest BCUT2D eigenvalue weighted by Crippen LogP contribution is 2.31. The van der Waals surface area contributed by atoms with E-state index < -0.39 is 12.0 Å². The van der Waals surface area contributed by atoms with Crippen LogP contribution in [-0.4, -0.2) is 110 Å². The van der Waals surface area contributed by atoms with Crippen LogP contribution >= 0.6 is 0 Å². The fourth-order valence-electron chi connectivity index (χ4n) is 7.07. The molecular weight excluding hydrogens is 718 g/mol. The first-order chi connectivity index (χ1) is 27.0. The van der Waals surface area contributed by atoms with Gasteiger partial charge in [-0.25, -0.2) is 4.79 Å². The lowest BCUT2D eigenvalue weighted by atomic mass is 9.91. The number of carbonyl (C=O) groups is 2. The summed E-state index contributed by atoms with van der Waals surface area (Å²) in [6.45, 7) is 9.21. The van der Waals surface area contributed by atoms with Crippen LogP contribution in [0.3, 0.4) is 0 Å². The van der Waals surface area contributed by atoms with E-state index >= 15 is 0 Å². The van der Waals surface area contributed by atoms with E-state index in [1.807, 2.05) is 48.2 Å². The lowest BCUT2D eigenvalue weighted by Gasteiger charge is -2.54. The molecule has 56 heavy (non-hydrogen) atoms. The van der Waals surface area contributed by atoms with E-state index in [4.69, 9.17) is 30.9 Å². The molecule has 4 heterocycles. The molecular formula is C40H53N9O7. The third-order valence-electron chi connectivity index (χ3n) is 10.2. The summed E-state index contributed by atoms with van der Waals surface area (Å²) in [7, 11) is 0. The van der Waals surface area contributed by atoms with Crippen LogP contribution in [0.1, 0.15) is 74.6 Å². The number of nitrogens with zero attached hydrogens (tertiary/aromatic N) is 6. The van der Waals surface area contributed by atoms with Crippen molar-refractivity contribution in [2.24, 2.45) is 10.9 Å². The molecule has 4 aromatic rings. The number of benzene rings is 2. The Balaban J connectivity index is 0.891. The first-order valence-corrected chi connectivity index (χ1v) is 19.4. The largest absolute Gasteiger partial charge is 0.480 e. The van der Waals surface area contributed by atoms with Crippen molar-refractivity contribution in [2.45, 2.75) is 83.5 Å². The fourth-order valence-corrected chi connectivity index (χ4v) is 7.07. The number of likely N-dealkylation sites (tertiary alicyclic amines) is 1. The number of H-pyrrole nitrogens is 1. The Labute approximate surface area is 325 Å². The second-order valence-electron chi connectivity index (χ2n) is 14.8. The van der Waals surface area contributed by atoms with E-state index in [9.17, 15) is 14.4 Å². The van der Waals surface area contributed by atoms with Crippen molar-refractivity contribution in [3.8, 4) is 6.01 Å². The highest BCUT2D eigenvalue weighted by atomic mass is 16.6. The molecule has 1 atom stereocenters. The van der Waals surface area contributed by atoms with Gasteiger partial charge in [-0.2, -0.15) is 9.97 Å². The predicted molar refractivity (Wildman–Crippen MR) is 211 cm³/mol. The van der Waals surface area contributed by atoms with E-state index in [2.05, 4.69) is 44.1 Å². The third kappa shape index (κ3) is 10.3. The number of ether oxygens (including phenoxy) is 2. The van der Waals surface area contributed by atoms with Crippen molar-refractivity contribution >= 4 is 34.6 Å². The Hall–Kier alpha value is -5.32. The number of carbonyl (C=O) groups excluding carboxylic acids is 1. The first kappa shape index (κ1) is 40.3. The molecule has 16 heteroatoms. The van der Waals surface area contributed by atoms with Gasteiger partial charge in [0.05, 0.1) is 32.0 Å². The number of carboxylic acids is 1. The molecule has 2 aromatic carbocycles. The number of aliphatic carboxylic acids is 1. The Morgan fingerprint density at radius 2 is 1.70 bits per heavy atom. The van der Waals surface area contributed by atoms with E-state index in [-0.39, 0.29) is 35.4 Å². The Morgan fingerprint density at radius 3 is 2.41 bits per heavy atom. The van der Waals surface area contributed by atoms with Gasteiger partial charge in [0, 0.05) is 32.6 Å². The molecule has 0 unspecified atom stereocenters. The Bertz CT molecular complexity index is 2040. The molecule has 2 saturated heterocycles. The van der Waals surface area contributed by atoms with Crippen LogP contribution in [0.5, 0.6) is 6.01 Å². The number of amides is 1. The summed E-state index contributed by atoms with van der Waals surface area (Å²) in [5, 5.41) is 13.2. The Morgan fingerprint density at radius 1 is 0.982 bits per heavy atom. The Kier molecular flexibility index (Phi) is 13.4. The van der Waals surface area contributed by atoms with Gasteiger partial charge in [0.2, 0.25) is 5.91 Å². The van der Waals surface area contributed by atoms with Crippen LogP contribution in [0.25, 0.3) is 11.2 Å². The van der Waals surface area contributed by atoms with E-state index in [1.165, 1.54) is 0 Å². The van der Waals surface area contributed by atoms with Gasteiger partial charge in [-0.3, -0.25) is 19.1 Å². The maximum absolute atomic E-state index is 13.1. The van der Waals surface area contributed by atoms with Gasteiger partial charge < -0.3 is 40.8 Å². The quantitative estimate of drug-likeness (QED) is 0.0614.